The Balaban J connectivity index is 2.32. The number of halogens is 3. The zero-order valence-electron chi connectivity index (χ0n) is 36.0. The zero-order chi connectivity index (χ0) is 42.4. The second-order valence-corrected chi connectivity index (χ2v) is 15.4. The molecular weight excluding hydrogens is 746 g/mol. The second kappa shape index (κ2) is 36.7. The molecule has 0 aromatic heterocycles. The zero-order valence-corrected chi connectivity index (χ0v) is 36.0. The molecule has 1 N–H and O–H groups in total. The smallest absolute Gasteiger partial charge is 0.407 e. The number of nitrogens with one attached hydrogen (secondary N) is 1. The van der Waals surface area contributed by atoms with Gasteiger partial charge in [0.15, 0.2) is 0 Å². The predicted octanol–water partition coefficient (Wildman–Crippen LogP) is 12.5. The molecule has 0 aromatic carbocycles. The number of esters is 2. The van der Waals surface area contributed by atoms with Crippen molar-refractivity contribution in [2.24, 2.45) is 5.92 Å². The second-order valence-electron chi connectivity index (χ2n) is 15.4. The fraction of sp³-hybridized carbons (Fsp3) is 0.723. The molecule has 1 rings (SSSR count). The number of carbonyl (C=O) groups excluding carboxylic acids is 3. The van der Waals surface area contributed by atoms with E-state index in [1.54, 1.807) is 4.90 Å². The highest BCUT2D eigenvalue weighted by atomic mass is 19.4. The van der Waals surface area contributed by atoms with Crippen LogP contribution in [0.5, 0.6) is 0 Å². The van der Waals surface area contributed by atoms with Crippen LogP contribution in [-0.2, 0) is 23.8 Å². The standard InChI is InChI=1S/C47H77F3N2O6/c1-3-5-7-9-11-13-15-17-19-21-23-25-27-29-31-33-44(53)56-39-42(41-58-46(55)51-43-37-52(38-43)36-35-47(48,49)50)40-57-45(54)34-32-30-28-26-24-22-20-18-16-14-12-10-8-6-4-2/h5,7,11-14,17-20,42-43H,3-4,6,8-10,15-16,21-41H2,1-2H3,(H,51,55)/b7-5-,13-11-,14-12-,19-17-,20-18-. The van der Waals surface area contributed by atoms with Crippen LogP contribution in [0.4, 0.5) is 18.0 Å². The minimum Gasteiger partial charge on any atom is -0.465 e. The van der Waals surface area contributed by atoms with Crippen LogP contribution in [0.1, 0.15) is 162 Å². The Morgan fingerprint density at radius 1 is 0.603 bits per heavy atom. The number of amides is 1. The highest BCUT2D eigenvalue weighted by Gasteiger charge is 2.33. The highest BCUT2D eigenvalue weighted by Crippen LogP contribution is 2.21. The van der Waals surface area contributed by atoms with E-state index >= 15 is 0 Å². The molecular formula is C47H77F3N2O6. The van der Waals surface area contributed by atoms with Gasteiger partial charge >= 0.3 is 24.2 Å². The molecule has 1 atom stereocenters. The fourth-order valence-corrected chi connectivity index (χ4v) is 6.21. The Kier molecular flexibility index (Phi) is 33.3. The summed E-state index contributed by atoms with van der Waals surface area (Å²) in [5, 5.41) is 2.66. The SMILES string of the molecule is CC/C=C\C/C=C\C/C=C\CCCCCCCC(=O)OCC(COC(=O)CCCCCCC/C=C\C/C=C\CCCCC)COC(=O)NC1CN(CCC(F)(F)F)C1. The summed E-state index contributed by atoms with van der Waals surface area (Å²) in [5.41, 5.74) is 0. The van der Waals surface area contributed by atoms with E-state index in [1.807, 2.05) is 0 Å². The Hall–Kier alpha value is -3.34. The maximum Gasteiger partial charge on any atom is 0.407 e. The Labute approximate surface area is 349 Å². The number of likely N-dealkylation sites (tertiary alicyclic amines) is 1. The lowest BCUT2D eigenvalue weighted by molar-refractivity contribution is -0.150. The van der Waals surface area contributed by atoms with E-state index in [0.717, 1.165) is 109 Å². The first kappa shape index (κ1) is 52.7. The van der Waals surface area contributed by atoms with Gasteiger partial charge in [0.25, 0.3) is 0 Å². The summed E-state index contributed by atoms with van der Waals surface area (Å²) in [4.78, 5) is 39.1. The number of rotatable bonds is 36. The van der Waals surface area contributed by atoms with E-state index in [-0.39, 0.29) is 57.2 Å². The van der Waals surface area contributed by atoms with Crippen molar-refractivity contribution in [2.45, 2.75) is 174 Å². The van der Waals surface area contributed by atoms with E-state index in [4.69, 9.17) is 14.2 Å². The van der Waals surface area contributed by atoms with Gasteiger partial charge < -0.3 is 19.5 Å². The number of unbranched alkanes of at least 4 members (excludes halogenated alkanes) is 13. The Morgan fingerprint density at radius 2 is 1.03 bits per heavy atom. The van der Waals surface area contributed by atoms with Gasteiger partial charge in [-0.1, -0.05) is 126 Å². The maximum absolute atomic E-state index is 12.5. The summed E-state index contributed by atoms with van der Waals surface area (Å²) in [5.74, 6) is -1.24. The molecule has 0 saturated carbocycles. The molecule has 0 radical (unpaired) electrons. The molecule has 0 bridgehead atoms. The van der Waals surface area contributed by atoms with Crippen LogP contribution in [0.2, 0.25) is 0 Å². The van der Waals surface area contributed by atoms with Crippen LogP contribution < -0.4 is 5.32 Å². The summed E-state index contributed by atoms with van der Waals surface area (Å²) in [7, 11) is 0. The normalized spacial score (nSPS) is 14.6. The summed E-state index contributed by atoms with van der Waals surface area (Å²) >= 11 is 0. The van der Waals surface area contributed by atoms with Crippen LogP contribution in [0.3, 0.4) is 0 Å². The van der Waals surface area contributed by atoms with Gasteiger partial charge in [-0.05, 0) is 77.0 Å². The number of ether oxygens (including phenoxy) is 3. The van der Waals surface area contributed by atoms with E-state index in [9.17, 15) is 27.6 Å². The van der Waals surface area contributed by atoms with Crippen molar-refractivity contribution >= 4 is 18.0 Å². The number of carbonyl (C=O) groups is 3. The lowest BCUT2D eigenvalue weighted by atomic mass is 10.1. The molecule has 0 aromatic rings. The third-order valence-electron chi connectivity index (χ3n) is 9.76. The minimum absolute atomic E-state index is 0.0602. The largest absolute Gasteiger partial charge is 0.465 e. The lowest BCUT2D eigenvalue weighted by Gasteiger charge is -2.39. The molecule has 0 spiro atoms. The van der Waals surface area contributed by atoms with E-state index in [0.29, 0.717) is 13.1 Å². The summed E-state index contributed by atoms with van der Waals surface area (Å²) in [6, 6.07) is -0.305. The topological polar surface area (TPSA) is 94.2 Å². The summed E-state index contributed by atoms with van der Waals surface area (Å²) < 4.78 is 53.8. The average molecular weight is 823 g/mol. The molecule has 1 heterocycles. The number of hydrogen-bond donors (Lipinski definition) is 1. The maximum atomic E-state index is 12.5. The predicted molar refractivity (Wildman–Crippen MR) is 229 cm³/mol. The fourth-order valence-electron chi connectivity index (χ4n) is 6.21. The lowest BCUT2D eigenvalue weighted by Crippen LogP contribution is -2.59. The number of alkyl carbamates (subject to hydrolysis) is 1. The van der Waals surface area contributed by atoms with Crippen molar-refractivity contribution in [3.63, 3.8) is 0 Å². The number of hydrogen-bond acceptors (Lipinski definition) is 7. The van der Waals surface area contributed by atoms with Crippen LogP contribution in [0, 0.1) is 5.92 Å². The van der Waals surface area contributed by atoms with Crippen LogP contribution >= 0.6 is 0 Å². The number of alkyl halides is 3. The van der Waals surface area contributed by atoms with Gasteiger partial charge in [-0.15, -0.1) is 0 Å². The molecule has 8 nitrogen and oxygen atoms in total. The van der Waals surface area contributed by atoms with Gasteiger partial charge in [0.2, 0.25) is 0 Å². The summed E-state index contributed by atoms with van der Waals surface area (Å²) in [6.07, 6.45) is 37.8. The minimum atomic E-state index is -4.22. The van der Waals surface area contributed by atoms with Crippen LogP contribution in [-0.4, -0.2) is 74.6 Å². The molecule has 0 aliphatic carbocycles. The van der Waals surface area contributed by atoms with Crippen molar-refractivity contribution in [3.8, 4) is 0 Å². The summed E-state index contributed by atoms with van der Waals surface area (Å²) in [6.45, 7) is 4.60. The van der Waals surface area contributed by atoms with E-state index in [1.165, 1.54) is 19.3 Å². The molecule has 1 amide bonds. The number of nitrogens with zero attached hydrogens (tertiary/aromatic N) is 1. The van der Waals surface area contributed by atoms with Crippen molar-refractivity contribution in [2.75, 3.05) is 39.5 Å². The van der Waals surface area contributed by atoms with Gasteiger partial charge in [0, 0.05) is 32.5 Å². The molecule has 11 heteroatoms. The van der Waals surface area contributed by atoms with Crippen molar-refractivity contribution in [1.29, 1.82) is 0 Å². The Bertz CT molecular complexity index is 1190. The molecule has 1 saturated heterocycles. The quantitative estimate of drug-likeness (QED) is 0.0291. The van der Waals surface area contributed by atoms with Gasteiger partial charge in [0.05, 0.1) is 18.4 Å². The molecule has 58 heavy (non-hydrogen) atoms. The Morgan fingerprint density at radius 3 is 1.52 bits per heavy atom. The first-order chi connectivity index (χ1) is 28.1. The monoisotopic (exact) mass is 823 g/mol. The third kappa shape index (κ3) is 34.7. The van der Waals surface area contributed by atoms with Crippen molar-refractivity contribution in [1.82, 2.24) is 10.2 Å². The van der Waals surface area contributed by atoms with Gasteiger partial charge in [-0.2, -0.15) is 13.2 Å². The molecule has 1 aliphatic heterocycles. The van der Waals surface area contributed by atoms with Crippen LogP contribution in [0.15, 0.2) is 60.8 Å². The van der Waals surface area contributed by atoms with E-state index in [2.05, 4.69) is 79.9 Å². The first-order valence-corrected chi connectivity index (χ1v) is 22.4. The molecule has 332 valence electrons. The van der Waals surface area contributed by atoms with Gasteiger partial charge in [-0.3, -0.25) is 14.5 Å². The molecule has 1 fully saturated rings. The third-order valence-corrected chi connectivity index (χ3v) is 9.76. The average Bonchev–Trinajstić information content (AvgIpc) is 3.17. The number of allylic oxidation sites excluding steroid dienone is 10. The van der Waals surface area contributed by atoms with Gasteiger partial charge in [-0.25, -0.2) is 4.79 Å². The van der Waals surface area contributed by atoms with E-state index < -0.39 is 24.6 Å². The highest BCUT2D eigenvalue weighted by molar-refractivity contribution is 5.70. The first-order valence-electron chi connectivity index (χ1n) is 22.4. The van der Waals surface area contributed by atoms with Crippen LogP contribution in [0.25, 0.3) is 0 Å². The molecule has 1 aliphatic rings. The molecule has 1 unspecified atom stereocenters. The van der Waals surface area contributed by atoms with Crippen molar-refractivity contribution in [3.05, 3.63) is 60.8 Å². The van der Waals surface area contributed by atoms with Gasteiger partial charge in [0.1, 0.15) is 19.8 Å². The van der Waals surface area contributed by atoms with Crippen molar-refractivity contribution < 1.29 is 41.8 Å².